The van der Waals surface area contributed by atoms with Gasteiger partial charge < -0.3 is 15.0 Å². The van der Waals surface area contributed by atoms with Gasteiger partial charge in [-0.25, -0.2) is 4.79 Å². The number of anilines is 2. The molecule has 2 unspecified atom stereocenters. The summed E-state index contributed by atoms with van der Waals surface area (Å²) in [6, 6.07) is 13.6. The number of ether oxygens (including phenoxy) is 1. The summed E-state index contributed by atoms with van der Waals surface area (Å²) in [5.41, 5.74) is 2.02. The number of nitrogens with one attached hydrogen (secondary N) is 1. The number of amides is 1. The zero-order valence-corrected chi connectivity index (χ0v) is 15.5. The van der Waals surface area contributed by atoms with Crippen LogP contribution in [0.5, 0.6) is 0 Å². The first-order valence-corrected chi connectivity index (χ1v) is 9.00. The second kappa shape index (κ2) is 7.79. The van der Waals surface area contributed by atoms with Crippen LogP contribution in [0, 0.1) is 0 Å². The minimum atomic E-state index is -0.505. The van der Waals surface area contributed by atoms with Crippen LogP contribution in [0.4, 0.5) is 11.4 Å². The van der Waals surface area contributed by atoms with Crippen molar-refractivity contribution >= 4 is 34.9 Å². The fraction of sp³-hybridized carbons (Fsp3) is 0.300. The minimum Gasteiger partial charge on any atom is -0.464 e. The summed E-state index contributed by atoms with van der Waals surface area (Å²) >= 11 is 5.94. The maximum atomic E-state index is 13.2. The van der Waals surface area contributed by atoms with Crippen molar-refractivity contribution in [1.29, 1.82) is 0 Å². The number of halogens is 1. The first kappa shape index (κ1) is 18.3. The Morgan fingerprint density at radius 3 is 2.58 bits per heavy atom. The maximum absolute atomic E-state index is 13.2. The van der Waals surface area contributed by atoms with E-state index in [1.54, 1.807) is 36.1 Å². The molecule has 1 heterocycles. The lowest BCUT2D eigenvalue weighted by molar-refractivity contribution is -0.144. The Hall–Kier alpha value is -2.53. The number of benzene rings is 2. The van der Waals surface area contributed by atoms with E-state index in [4.69, 9.17) is 16.3 Å². The molecule has 26 heavy (non-hydrogen) atoms. The highest BCUT2D eigenvalue weighted by atomic mass is 35.5. The number of hydrogen-bond donors (Lipinski definition) is 1. The lowest BCUT2D eigenvalue weighted by Gasteiger charge is -2.28. The van der Waals surface area contributed by atoms with Crippen molar-refractivity contribution in [1.82, 2.24) is 0 Å². The molecule has 0 saturated carbocycles. The summed E-state index contributed by atoms with van der Waals surface area (Å²) in [5, 5.41) is 3.81. The molecule has 5 nitrogen and oxygen atoms in total. The Bertz CT molecular complexity index is 807. The number of rotatable bonds is 3. The standard InChI is InChI=1S/C20H21ClN2O3/c1-3-26-20(25)17-12-13(2)23(18-7-5-4-6-16(18)22-17)19(24)14-8-10-15(21)11-9-14/h4-11,13,17,22H,3,12H2,1-2H3. The van der Waals surface area contributed by atoms with Crippen LogP contribution >= 0.6 is 11.6 Å². The van der Waals surface area contributed by atoms with Crippen LogP contribution in [-0.4, -0.2) is 30.6 Å². The molecule has 2 aromatic rings. The zero-order valence-electron chi connectivity index (χ0n) is 14.7. The smallest absolute Gasteiger partial charge is 0.328 e. The van der Waals surface area contributed by atoms with Crippen LogP contribution in [-0.2, 0) is 9.53 Å². The summed E-state index contributed by atoms with van der Waals surface area (Å²) in [6.07, 6.45) is 0.451. The Balaban J connectivity index is 1.98. The van der Waals surface area contributed by atoms with Gasteiger partial charge in [0.1, 0.15) is 6.04 Å². The van der Waals surface area contributed by atoms with Gasteiger partial charge in [-0.3, -0.25) is 4.79 Å². The van der Waals surface area contributed by atoms with Crippen LogP contribution in [0.15, 0.2) is 48.5 Å². The molecule has 1 amide bonds. The fourth-order valence-electron chi connectivity index (χ4n) is 3.18. The Morgan fingerprint density at radius 2 is 1.88 bits per heavy atom. The molecule has 0 saturated heterocycles. The van der Waals surface area contributed by atoms with Gasteiger partial charge in [0, 0.05) is 16.6 Å². The second-order valence-electron chi connectivity index (χ2n) is 6.23. The molecule has 0 aliphatic carbocycles. The average Bonchev–Trinajstić information content (AvgIpc) is 2.78. The quantitative estimate of drug-likeness (QED) is 0.823. The molecule has 0 bridgehead atoms. The molecule has 2 aromatic carbocycles. The van der Waals surface area contributed by atoms with Crippen LogP contribution in [0.2, 0.25) is 5.02 Å². The van der Waals surface area contributed by atoms with E-state index in [1.165, 1.54) is 0 Å². The summed E-state index contributed by atoms with van der Waals surface area (Å²) < 4.78 is 5.17. The summed E-state index contributed by atoms with van der Waals surface area (Å²) in [5.74, 6) is -0.442. The molecule has 0 fully saturated rings. The number of esters is 1. The van der Waals surface area contributed by atoms with E-state index >= 15 is 0 Å². The Labute approximate surface area is 157 Å². The highest BCUT2D eigenvalue weighted by molar-refractivity contribution is 6.30. The van der Waals surface area contributed by atoms with E-state index in [0.717, 1.165) is 11.4 Å². The monoisotopic (exact) mass is 372 g/mol. The normalized spacial score (nSPS) is 19.1. The van der Waals surface area contributed by atoms with Gasteiger partial charge >= 0.3 is 5.97 Å². The number of carbonyl (C=O) groups excluding carboxylic acids is 2. The van der Waals surface area contributed by atoms with Gasteiger partial charge in [-0.15, -0.1) is 0 Å². The first-order chi connectivity index (χ1) is 12.5. The van der Waals surface area contributed by atoms with E-state index in [1.807, 2.05) is 31.2 Å². The summed E-state index contributed by atoms with van der Waals surface area (Å²) in [4.78, 5) is 27.2. The molecule has 1 N–H and O–H groups in total. The van der Waals surface area contributed by atoms with E-state index < -0.39 is 6.04 Å². The van der Waals surface area contributed by atoms with Crippen molar-refractivity contribution in [3.63, 3.8) is 0 Å². The lowest BCUT2D eigenvalue weighted by atomic mass is 10.1. The molecule has 0 aromatic heterocycles. The van der Waals surface area contributed by atoms with Gasteiger partial charge in [0.2, 0.25) is 0 Å². The maximum Gasteiger partial charge on any atom is 0.328 e. The van der Waals surface area contributed by atoms with Crippen molar-refractivity contribution in [2.24, 2.45) is 0 Å². The number of hydrogen-bond acceptors (Lipinski definition) is 4. The number of nitrogens with zero attached hydrogens (tertiary/aromatic N) is 1. The van der Waals surface area contributed by atoms with Gasteiger partial charge in [-0.1, -0.05) is 23.7 Å². The molecule has 3 rings (SSSR count). The van der Waals surface area contributed by atoms with E-state index in [0.29, 0.717) is 23.6 Å². The van der Waals surface area contributed by atoms with Crippen LogP contribution in [0.1, 0.15) is 30.6 Å². The lowest BCUT2D eigenvalue weighted by Crippen LogP contribution is -2.41. The number of carbonyl (C=O) groups is 2. The van der Waals surface area contributed by atoms with Gasteiger partial charge in [-0.05, 0) is 56.7 Å². The Morgan fingerprint density at radius 1 is 1.19 bits per heavy atom. The van der Waals surface area contributed by atoms with Crippen molar-refractivity contribution in [2.45, 2.75) is 32.4 Å². The third kappa shape index (κ3) is 3.68. The topological polar surface area (TPSA) is 58.6 Å². The highest BCUT2D eigenvalue weighted by Gasteiger charge is 2.34. The molecule has 0 radical (unpaired) electrons. The van der Waals surface area contributed by atoms with Crippen LogP contribution in [0.25, 0.3) is 0 Å². The van der Waals surface area contributed by atoms with Gasteiger partial charge in [0.05, 0.1) is 18.0 Å². The van der Waals surface area contributed by atoms with Crippen LogP contribution in [0.3, 0.4) is 0 Å². The SMILES string of the molecule is CCOC(=O)C1CC(C)N(C(=O)c2ccc(Cl)cc2)c2ccccc2N1. The number of para-hydroxylation sites is 2. The molecule has 1 aliphatic heterocycles. The number of fused-ring (bicyclic) bond motifs is 1. The molecular formula is C20H21ClN2O3. The summed E-state index contributed by atoms with van der Waals surface area (Å²) in [6.45, 7) is 4.03. The van der Waals surface area contributed by atoms with E-state index in [2.05, 4.69) is 5.32 Å². The fourth-order valence-corrected chi connectivity index (χ4v) is 3.30. The van der Waals surface area contributed by atoms with Gasteiger partial charge in [0.25, 0.3) is 5.91 Å². The predicted octanol–water partition coefficient (Wildman–Crippen LogP) is 4.12. The molecule has 6 heteroatoms. The van der Waals surface area contributed by atoms with Gasteiger partial charge in [0.15, 0.2) is 0 Å². The predicted molar refractivity (Wildman–Crippen MR) is 103 cm³/mol. The zero-order chi connectivity index (χ0) is 18.7. The average molecular weight is 373 g/mol. The van der Waals surface area contributed by atoms with E-state index in [9.17, 15) is 9.59 Å². The van der Waals surface area contributed by atoms with Gasteiger partial charge in [-0.2, -0.15) is 0 Å². The largest absolute Gasteiger partial charge is 0.464 e. The first-order valence-electron chi connectivity index (χ1n) is 8.62. The third-order valence-electron chi connectivity index (χ3n) is 4.39. The van der Waals surface area contributed by atoms with Crippen molar-refractivity contribution in [2.75, 3.05) is 16.8 Å². The van der Waals surface area contributed by atoms with E-state index in [-0.39, 0.29) is 17.9 Å². The molecule has 136 valence electrons. The van der Waals surface area contributed by atoms with Crippen molar-refractivity contribution < 1.29 is 14.3 Å². The highest BCUT2D eigenvalue weighted by Crippen LogP contribution is 2.34. The van der Waals surface area contributed by atoms with Crippen molar-refractivity contribution in [3.8, 4) is 0 Å². The third-order valence-corrected chi connectivity index (χ3v) is 4.64. The Kier molecular flexibility index (Phi) is 5.47. The van der Waals surface area contributed by atoms with Crippen LogP contribution < -0.4 is 10.2 Å². The molecule has 1 aliphatic rings. The second-order valence-corrected chi connectivity index (χ2v) is 6.67. The molecule has 0 spiro atoms. The molecule has 2 atom stereocenters. The summed E-state index contributed by atoms with van der Waals surface area (Å²) in [7, 11) is 0. The van der Waals surface area contributed by atoms with Crippen molar-refractivity contribution in [3.05, 3.63) is 59.1 Å². The molecular weight excluding hydrogens is 352 g/mol. The minimum absolute atomic E-state index is 0.132.